The third-order valence-electron chi connectivity index (χ3n) is 2.25. The van der Waals surface area contributed by atoms with Crippen molar-refractivity contribution in [3.8, 4) is 6.07 Å². The van der Waals surface area contributed by atoms with Crippen LogP contribution in [-0.4, -0.2) is 18.6 Å². The Morgan fingerprint density at radius 2 is 2.40 bits per heavy atom. The summed E-state index contributed by atoms with van der Waals surface area (Å²) in [7, 11) is 1.92. The molecule has 0 spiro atoms. The van der Waals surface area contributed by atoms with Crippen molar-refractivity contribution >= 4 is 5.82 Å². The van der Waals surface area contributed by atoms with Crippen molar-refractivity contribution in [1.29, 1.82) is 5.26 Å². The fourth-order valence-electron chi connectivity index (χ4n) is 1.26. The van der Waals surface area contributed by atoms with Crippen molar-refractivity contribution in [2.75, 3.05) is 18.5 Å². The molecule has 0 aliphatic heterocycles. The first-order valence-electron chi connectivity index (χ1n) is 4.94. The Morgan fingerprint density at radius 1 is 1.67 bits per heavy atom. The molecule has 0 saturated heterocycles. The van der Waals surface area contributed by atoms with E-state index in [0.29, 0.717) is 13.0 Å². The fourth-order valence-corrected chi connectivity index (χ4v) is 1.26. The first-order chi connectivity index (χ1) is 7.15. The molecule has 0 aliphatic rings. The van der Waals surface area contributed by atoms with Crippen molar-refractivity contribution in [2.24, 2.45) is 5.73 Å². The third-order valence-corrected chi connectivity index (χ3v) is 2.25. The van der Waals surface area contributed by atoms with Gasteiger partial charge in [0.25, 0.3) is 0 Å². The molecule has 80 valence electrons. The highest BCUT2D eigenvalue weighted by Crippen LogP contribution is 2.15. The Labute approximate surface area is 90.3 Å². The summed E-state index contributed by atoms with van der Waals surface area (Å²) in [6.07, 6.45) is 2.25. The molecule has 1 aromatic heterocycles. The summed E-state index contributed by atoms with van der Waals surface area (Å²) in [6, 6.07) is 5.99. The highest BCUT2D eigenvalue weighted by molar-refractivity contribution is 5.40. The van der Waals surface area contributed by atoms with Crippen molar-refractivity contribution in [1.82, 2.24) is 4.98 Å². The Hall–Kier alpha value is -1.60. The zero-order valence-corrected chi connectivity index (χ0v) is 9.14. The lowest BCUT2D eigenvalue weighted by atomic mass is 10.1. The smallest absolute Gasteiger partial charge is 0.128 e. The van der Waals surface area contributed by atoms with Crippen LogP contribution in [0.5, 0.6) is 0 Å². The fraction of sp³-hybridized carbons (Fsp3) is 0.455. The highest BCUT2D eigenvalue weighted by Gasteiger charge is 2.05. The minimum atomic E-state index is 0.0103. The van der Waals surface area contributed by atoms with E-state index in [-0.39, 0.29) is 6.04 Å². The lowest BCUT2D eigenvalue weighted by Gasteiger charge is -2.17. The van der Waals surface area contributed by atoms with Crippen molar-refractivity contribution in [2.45, 2.75) is 19.4 Å². The van der Waals surface area contributed by atoms with E-state index in [2.05, 4.69) is 11.1 Å². The molecule has 0 aliphatic carbocycles. The molecule has 4 nitrogen and oxygen atoms in total. The molecule has 0 saturated carbocycles. The van der Waals surface area contributed by atoms with Gasteiger partial charge in [0, 0.05) is 25.8 Å². The van der Waals surface area contributed by atoms with Crippen LogP contribution in [0.2, 0.25) is 0 Å². The molecule has 2 N–H and O–H groups in total. The maximum absolute atomic E-state index is 8.49. The second-order valence-corrected chi connectivity index (χ2v) is 3.57. The van der Waals surface area contributed by atoms with E-state index >= 15 is 0 Å². The van der Waals surface area contributed by atoms with Crippen molar-refractivity contribution < 1.29 is 0 Å². The van der Waals surface area contributed by atoms with E-state index in [1.54, 1.807) is 6.20 Å². The molecule has 0 radical (unpaired) electrons. The summed E-state index contributed by atoms with van der Waals surface area (Å²) in [5, 5.41) is 8.49. The molecular weight excluding hydrogens is 188 g/mol. The van der Waals surface area contributed by atoms with Gasteiger partial charge in [-0.05, 0) is 24.6 Å². The molecule has 0 unspecified atom stereocenters. The number of nitrogens with two attached hydrogens (primary N) is 1. The summed E-state index contributed by atoms with van der Waals surface area (Å²) >= 11 is 0. The number of nitriles is 1. The number of aromatic nitrogens is 1. The third kappa shape index (κ3) is 3.22. The average molecular weight is 204 g/mol. The van der Waals surface area contributed by atoms with Crippen LogP contribution in [0.15, 0.2) is 18.3 Å². The molecular formula is C11H16N4. The maximum Gasteiger partial charge on any atom is 0.128 e. The Balaban J connectivity index is 2.77. The number of nitrogens with zero attached hydrogens (tertiary/aromatic N) is 3. The van der Waals surface area contributed by atoms with Crippen LogP contribution >= 0.6 is 0 Å². The summed E-state index contributed by atoms with van der Waals surface area (Å²) in [5.41, 5.74) is 6.84. The number of hydrogen-bond acceptors (Lipinski definition) is 4. The van der Waals surface area contributed by atoms with E-state index in [1.165, 1.54) is 0 Å². The van der Waals surface area contributed by atoms with Crippen LogP contribution in [0.1, 0.15) is 24.9 Å². The van der Waals surface area contributed by atoms with E-state index in [9.17, 15) is 0 Å². The molecule has 0 bridgehead atoms. The SMILES string of the molecule is C[C@@H](N)c1ccnc(N(C)CCC#N)c1. The largest absolute Gasteiger partial charge is 0.359 e. The van der Waals surface area contributed by atoms with Crippen LogP contribution in [-0.2, 0) is 0 Å². The topological polar surface area (TPSA) is 65.9 Å². The van der Waals surface area contributed by atoms with Gasteiger partial charge >= 0.3 is 0 Å². The first kappa shape index (κ1) is 11.5. The van der Waals surface area contributed by atoms with Crippen LogP contribution < -0.4 is 10.6 Å². The normalized spacial score (nSPS) is 11.9. The average Bonchev–Trinajstić information content (AvgIpc) is 2.26. The van der Waals surface area contributed by atoms with Gasteiger partial charge in [-0.15, -0.1) is 0 Å². The lowest BCUT2D eigenvalue weighted by Crippen LogP contribution is -2.19. The summed E-state index contributed by atoms with van der Waals surface area (Å²) in [5.74, 6) is 0.861. The predicted molar refractivity (Wildman–Crippen MR) is 60.3 cm³/mol. The minimum absolute atomic E-state index is 0.0103. The van der Waals surface area contributed by atoms with Gasteiger partial charge in [-0.3, -0.25) is 0 Å². The zero-order chi connectivity index (χ0) is 11.3. The second kappa shape index (κ2) is 5.32. The van der Waals surface area contributed by atoms with Gasteiger partial charge in [-0.1, -0.05) is 0 Å². The van der Waals surface area contributed by atoms with Gasteiger partial charge in [0.1, 0.15) is 5.82 Å². The predicted octanol–water partition coefficient (Wildman–Crippen LogP) is 1.45. The lowest BCUT2D eigenvalue weighted by molar-refractivity contribution is 0.809. The summed E-state index contributed by atoms with van der Waals surface area (Å²) in [6.45, 7) is 2.63. The quantitative estimate of drug-likeness (QED) is 0.806. The standard InChI is InChI=1S/C11H16N4/c1-9(13)10-4-6-14-11(8-10)15(2)7-3-5-12/h4,6,8-9H,3,7,13H2,1-2H3/t9-/m1/s1. The maximum atomic E-state index is 8.49. The Morgan fingerprint density at radius 3 is 3.00 bits per heavy atom. The molecule has 0 fully saturated rings. The minimum Gasteiger partial charge on any atom is -0.359 e. The van der Waals surface area contributed by atoms with E-state index in [4.69, 9.17) is 11.0 Å². The molecule has 0 amide bonds. The number of rotatable bonds is 4. The monoisotopic (exact) mass is 204 g/mol. The zero-order valence-electron chi connectivity index (χ0n) is 9.14. The van der Waals surface area contributed by atoms with Crippen LogP contribution in [0, 0.1) is 11.3 Å². The summed E-state index contributed by atoms with van der Waals surface area (Å²) in [4.78, 5) is 6.19. The van der Waals surface area contributed by atoms with Gasteiger partial charge in [0.15, 0.2) is 0 Å². The molecule has 1 heterocycles. The summed E-state index contributed by atoms with van der Waals surface area (Å²) < 4.78 is 0. The van der Waals surface area contributed by atoms with Gasteiger partial charge in [-0.2, -0.15) is 5.26 Å². The van der Waals surface area contributed by atoms with Gasteiger partial charge < -0.3 is 10.6 Å². The molecule has 1 atom stereocenters. The second-order valence-electron chi connectivity index (χ2n) is 3.57. The number of pyridine rings is 1. The van der Waals surface area contributed by atoms with Gasteiger partial charge in [0.2, 0.25) is 0 Å². The van der Waals surface area contributed by atoms with Crippen molar-refractivity contribution in [3.05, 3.63) is 23.9 Å². The van der Waals surface area contributed by atoms with E-state index in [0.717, 1.165) is 11.4 Å². The van der Waals surface area contributed by atoms with E-state index < -0.39 is 0 Å². The van der Waals surface area contributed by atoms with Crippen LogP contribution in [0.25, 0.3) is 0 Å². The number of hydrogen-bond donors (Lipinski definition) is 1. The molecule has 1 aromatic rings. The van der Waals surface area contributed by atoms with E-state index in [1.807, 2.05) is 31.0 Å². The van der Waals surface area contributed by atoms with Gasteiger partial charge in [0.05, 0.1) is 12.5 Å². The van der Waals surface area contributed by atoms with Crippen LogP contribution in [0.4, 0.5) is 5.82 Å². The Kier molecular flexibility index (Phi) is 4.07. The van der Waals surface area contributed by atoms with Crippen LogP contribution in [0.3, 0.4) is 0 Å². The van der Waals surface area contributed by atoms with Gasteiger partial charge in [-0.25, -0.2) is 4.98 Å². The Bertz CT molecular complexity index is 354. The molecule has 15 heavy (non-hydrogen) atoms. The highest BCUT2D eigenvalue weighted by atomic mass is 15.2. The number of anilines is 1. The molecule has 4 heteroatoms. The first-order valence-corrected chi connectivity index (χ1v) is 4.94. The molecule has 0 aromatic carbocycles. The molecule has 1 rings (SSSR count). The van der Waals surface area contributed by atoms with Crippen molar-refractivity contribution in [3.63, 3.8) is 0 Å².